The molecule has 0 saturated carbocycles. The summed E-state index contributed by atoms with van der Waals surface area (Å²) in [5.74, 6) is 0.253. The van der Waals surface area contributed by atoms with Crippen molar-refractivity contribution >= 4 is 11.6 Å². The molecule has 3 heteroatoms. The molecule has 1 aromatic rings. The van der Waals surface area contributed by atoms with Crippen molar-refractivity contribution in [2.75, 3.05) is 12.3 Å². The predicted molar refractivity (Wildman–Crippen MR) is 76.1 cm³/mol. The van der Waals surface area contributed by atoms with E-state index < -0.39 is 0 Å². The maximum absolute atomic E-state index is 12.0. The second-order valence-electron chi connectivity index (χ2n) is 4.61. The molecule has 0 heterocycles. The fraction of sp³-hybridized carbons (Fsp3) is 0.533. The van der Waals surface area contributed by atoms with Gasteiger partial charge in [0.15, 0.2) is 0 Å². The highest BCUT2D eigenvalue weighted by Gasteiger charge is 2.11. The monoisotopic (exact) mass is 248 g/mol. The molecule has 0 radical (unpaired) electrons. The number of unbranched alkanes of at least 4 members (excludes halogenated alkanes) is 2. The SMILES string of the molecule is CCCCCC(=O)N(CC)Cc1ccc(N)cc1. The first-order valence-electron chi connectivity index (χ1n) is 6.79. The number of nitrogens with two attached hydrogens (primary N) is 1. The molecule has 0 spiro atoms. The van der Waals surface area contributed by atoms with Crippen molar-refractivity contribution < 1.29 is 4.79 Å². The van der Waals surface area contributed by atoms with E-state index in [1.807, 2.05) is 36.1 Å². The van der Waals surface area contributed by atoms with Crippen LogP contribution in [0.4, 0.5) is 5.69 Å². The molecule has 0 aliphatic carbocycles. The standard InChI is InChI=1S/C15H24N2O/c1-3-5-6-7-15(18)17(4-2)12-13-8-10-14(16)11-9-13/h8-11H,3-7,12,16H2,1-2H3. The molecular weight excluding hydrogens is 224 g/mol. The topological polar surface area (TPSA) is 46.3 Å². The Morgan fingerprint density at radius 2 is 1.83 bits per heavy atom. The van der Waals surface area contributed by atoms with Crippen LogP contribution in [-0.4, -0.2) is 17.4 Å². The highest BCUT2D eigenvalue weighted by Crippen LogP contribution is 2.10. The maximum Gasteiger partial charge on any atom is 0.222 e. The Morgan fingerprint density at radius 1 is 1.17 bits per heavy atom. The molecule has 0 bridgehead atoms. The molecule has 2 N–H and O–H groups in total. The zero-order valence-electron chi connectivity index (χ0n) is 11.5. The molecular formula is C15H24N2O. The lowest BCUT2D eigenvalue weighted by atomic mass is 10.1. The zero-order chi connectivity index (χ0) is 13.4. The Hall–Kier alpha value is -1.51. The molecule has 0 atom stereocenters. The highest BCUT2D eigenvalue weighted by atomic mass is 16.2. The maximum atomic E-state index is 12.0. The largest absolute Gasteiger partial charge is 0.399 e. The van der Waals surface area contributed by atoms with Gasteiger partial charge in [0.05, 0.1) is 0 Å². The molecule has 0 saturated heterocycles. The second-order valence-corrected chi connectivity index (χ2v) is 4.61. The van der Waals surface area contributed by atoms with Crippen molar-refractivity contribution in [1.82, 2.24) is 4.90 Å². The molecule has 0 unspecified atom stereocenters. The van der Waals surface area contributed by atoms with Gasteiger partial charge < -0.3 is 10.6 Å². The fourth-order valence-corrected chi connectivity index (χ4v) is 1.90. The van der Waals surface area contributed by atoms with Crippen molar-refractivity contribution in [3.05, 3.63) is 29.8 Å². The Balaban J connectivity index is 2.50. The van der Waals surface area contributed by atoms with Gasteiger partial charge in [0.1, 0.15) is 0 Å². The van der Waals surface area contributed by atoms with Crippen molar-refractivity contribution in [2.24, 2.45) is 0 Å². The summed E-state index contributed by atoms with van der Waals surface area (Å²) in [6, 6.07) is 7.73. The number of hydrogen-bond donors (Lipinski definition) is 1. The summed E-state index contributed by atoms with van der Waals surface area (Å²) in [4.78, 5) is 13.9. The van der Waals surface area contributed by atoms with Crippen LogP contribution in [-0.2, 0) is 11.3 Å². The Labute approximate surface area is 110 Å². The number of hydrogen-bond acceptors (Lipinski definition) is 2. The van der Waals surface area contributed by atoms with Crippen molar-refractivity contribution in [3.63, 3.8) is 0 Å². The first-order valence-corrected chi connectivity index (χ1v) is 6.79. The van der Waals surface area contributed by atoms with Crippen LogP contribution in [0.2, 0.25) is 0 Å². The third kappa shape index (κ3) is 4.78. The van der Waals surface area contributed by atoms with Crippen LogP contribution in [0.15, 0.2) is 24.3 Å². The lowest BCUT2D eigenvalue weighted by Gasteiger charge is -2.21. The summed E-state index contributed by atoms with van der Waals surface area (Å²) in [6.07, 6.45) is 3.94. The number of amides is 1. The summed E-state index contributed by atoms with van der Waals surface area (Å²) in [7, 11) is 0. The number of benzene rings is 1. The Morgan fingerprint density at radius 3 is 2.39 bits per heavy atom. The van der Waals surface area contributed by atoms with Gasteiger partial charge in [0.25, 0.3) is 0 Å². The van der Waals surface area contributed by atoms with Crippen LogP contribution < -0.4 is 5.73 Å². The van der Waals surface area contributed by atoms with Crippen LogP contribution >= 0.6 is 0 Å². The number of carbonyl (C=O) groups excluding carboxylic acids is 1. The van der Waals surface area contributed by atoms with Crippen molar-refractivity contribution in [3.8, 4) is 0 Å². The van der Waals surface area contributed by atoms with E-state index in [4.69, 9.17) is 5.73 Å². The van der Waals surface area contributed by atoms with E-state index in [9.17, 15) is 4.79 Å². The minimum atomic E-state index is 0.253. The van der Waals surface area contributed by atoms with Gasteiger partial charge in [-0.2, -0.15) is 0 Å². The summed E-state index contributed by atoms with van der Waals surface area (Å²) >= 11 is 0. The van der Waals surface area contributed by atoms with Gasteiger partial charge in [-0.25, -0.2) is 0 Å². The molecule has 18 heavy (non-hydrogen) atoms. The van der Waals surface area contributed by atoms with Gasteiger partial charge in [0.2, 0.25) is 5.91 Å². The normalized spacial score (nSPS) is 10.3. The van der Waals surface area contributed by atoms with Crippen molar-refractivity contribution in [2.45, 2.75) is 46.1 Å². The summed E-state index contributed by atoms with van der Waals surface area (Å²) in [6.45, 7) is 5.61. The lowest BCUT2D eigenvalue weighted by molar-refractivity contribution is -0.131. The number of anilines is 1. The van der Waals surface area contributed by atoms with Crippen LogP contribution in [0, 0.1) is 0 Å². The van der Waals surface area contributed by atoms with Crippen LogP contribution in [0.25, 0.3) is 0 Å². The second kappa shape index (κ2) is 7.75. The predicted octanol–water partition coefficient (Wildman–Crippen LogP) is 3.20. The van der Waals surface area contributed by atoms with E-state index in [2.05, 4.69) is 6.92 Å². The van der Waals surface area contributed by atoms with E-state index in [0.29, 0.717) is 13.0 Å². The van der Waals surface area contributed by atoms with Crippen LogP contribution in [0.3, 0.4) is 0 Å². The minimum absolute atomic E-state index is 0.253. The van der Waals surface area contributed by atoms with Gasteiger partial charge in [-0.05, 0) is 31.0 Å². The molecule has 1 amide bonds. The van der Waals surface area contributed by atoms with Gasteiger partial charge in [0, 0.05) is 25.2 Å². The average Bonchev–Trinajstić information content (AvgIpc) is 2.38. The fourth-order valence-electron chi connectivity index (χ4n) is 1.90. The van der Waals surface area contributed by atoms with Crippen LogP contribution in [0.1, 0.15) is 45.1 Å². The summed E-state index contributed by atoms with van der Waals surface area (Å²) < 4.78 is 0. The number of carbonyl (C=O) groups is 1. The number of rotatable bonds is 7. The average molecular weight is 248 g/mol. The quantitative estimate of drug-likeness (QED) is 0.595. The molecule has 1 rings (SSSR count). The number of nitrogen functional groups attached to an aromatic ring is 1. The molecule has 0 aliphatic heterocycles. The van der Waals surface area contributed by atoms with Crippen molar-refractivity contribution in [1.29, 1.82) is 0 Å². The van der Waals surface area contributed by atoms with Gasteiger partial charge in [-0.1, -0.05) is 31.9 Å². The Kier molecular flexibility index (Phi) is 6.26. The van der Waals surface area contributed by atoms with Gasteiger partial charge >= 0.3 is 0 Å². The Bertz CT molecular complexity index is 359. The van der Waals surface area contributed by atoms with Gasteiger partial charge in [-0.15, -0.1) is 0 Å². The van der Waals surface area contributed by atoms with Crippen LogP contribution in [0.5, 0.6) is 0 Å². The first-order chi connectivity index (χ1) is 8.67. The molecule has 0 aliphatic rings. The van der Waals surface area contributed by atoms with E-state index in [1.54, 1.807) is 0 Å². The number of nitrogens with zero attached hydrogens (tertiary/aromatic N) is 1. The molecule has 0 aromatic heterocycles. The summed E-state index contributed by atoms with van der Waals surface area (Å²) in [5.41, 5.74) is 7.54. The smallest absolute Gasteiger partial charge is 0.222 e. The molecule has 1 aromatic carbocycles. The molecule has 100 valence electrons. The molecule has 3 nitrogen and oxygen atoms in total. The highest BCUT2D eigenvalue weighted by molar-refractivity contribution is 5.76. The van der Waals surface area contributed by atoms with E-state index in [-0.39, 0.29) is 5.91 Å². The third-order valence-corrected chi connectivity index (χ3v) is 3.08. The summed E-state index contributed by atoms with van der Waals surface area (Å²) in [5, 5.41) is 0. The third-order valence-electron chi connectivity index (χ3n) is 3.08. The van der Waals surface area contributed by atoms with E-state index in [1.165, 1.54) is 0 Å². The van der Waals surface area contributed by atoms with Gasteiger partial charge in [-0.3, -0.25) is 4.79 Å². The zero-order valence-corrected chi connectivity index (χ0v) is 11.5. The van der Waals surface area contributed by atoms with E-state index >= 15 is 0 Å². The van der Waals surface area contributed by atoms with E-state index in [0.717, 1.165) is 37.1 Å². The lowest BCUT2D eigenvalue weighted by Crippen LogP contribution is -2.30. The minimum Gasteiger partial charge on any atom is -0.399 e. The molecule has 0 fully saturated rings. The first kappa shape index (κ1) is 14.6.